The van der Waals surface area contributed by atoms with Crippen LogP contribution in [0.2, 0.25) is 5.02 Å². The lowest BCUT2D eigenvalue weighted by Crippen LogP contribution is -2.27. The van der Waals surface area contributed by atoms with Gasteiger partial charge in [0, 0.05) is 22.6 Å². The third-order valence-electron chi connectivity index (χ3n) is 3.90. The van der Waals surface area contributed by atoms with Gasteiger partial charge in [-0.25, -0.2) is 0 Å². The van der Waals surface area contributed by atoms with Gasteiger partial charge in [0.1, 0.15) is 0 Å². The molecule has 3 nitrogen and oxygen atoms in total. The first kappa shape index (κ1) is 16.9. The first-order valence-electron chi connectivity index (χ1n) is 7.48. The number of nitrogens with zero attached hydrogens (tertiary/aromatic N) is 2. The van der Waals surface area contributed by atoms with E-state index >= 15 is 0 Å². The van der Waals surface area contributed by atoms with E-state index in [2.05, 4.69) is 20.9 Å². The fourth-order valence-corrected chi connectivity index (χ4v) is 3.49. The first-order valence-corrected chi connectivity index (χ1v) is 8.65. The van der Waals surface area contributed by atoms with E-state index in [-0.39, 0.29) is 5.91 Å². The SMILES string of the molecule is Cc1ccc2nc(C)cc(C(=O)N(C)c3ccc(Br)cc3Cl)c2c1. The summed E-state index contributed by atoms with van der Waals surface area (Å²) in [5.74, 6) is -0.111. The smallest absolute Gasteiger partial charge is 0.258 e. The van der Waals surface area contributed by atoms with Crippen LogP contribution in [0.25, 0.3) is 10.9 Å². The Morgan fingerprint density at radius 3 is 2.58 bits per heavy atom. The molecule has 2 aromatic carbocycles. The highest BCUT2D eigenvalue weighted by Gasteiger charge is 2.19. The summed E-state index contributed by atoms with van der Waals surface area (Å²) >= 11 is 9.68. The minimum Gasteiger partial charge on any atom is -0.310 e. The second kappa shape index (κ2) is 6.54. The predicted octanol–water partition coefficient (Wildman–Crippen LogP) is 5.54. The first-order chi connectivity index (χ1) is 11.4. The molecule has 0 aliphatic heterocycles. The molecule has 5 heteroatoms. The van der Waals surface area contributed by atoms with Gasteiger partial charge >= 0.3 is 0 Å². The number of halogens is 2. The minimum atomic E-state index is -0.111. The summed E-state index contributed by atoms with van der Waals surface area (Å²) in [5.41, 5.74) is 4.01. The molecule has 0 aliphatic carbocycles. The molecule has 1 amide bonds. The van der Waals surface area contributed by atoms with Crippen molar-refractivity contribution in [3.63, 3.8) is 0 Å². The number of benzene rings is 2. The zero-order valence-electron chi connectivity index (χ0n) is 13.6. The lowest BCUT2D eigenvalue weighted by Gasteiger charge is -2.20. The average molecular weight is 404 g/mol. The second-order valence-corrected chi connectivity index (χ2v) is 7.11. The van der Waals surface area contributed by atoms with Crippen LogP contribution in [-0.2, 0) is 0 Å². The highest BCUT2D eigenvalue weighted by atomic mass is 79.9. The van der Waals surface area contributed by atoms with Crippen molar-refractivity contribution in [3.05, 3.63) is 68.8 Å². The Hall–Kier alpha value is -1.91. The van der Waals surface area contributed by atoms with Gasteiger partial charge in [-0.2, -0.15) is 0 Å². The largest absolute Gasteiger partial charge is 0.310 e. The Balaban J connectivity index is 2.12. The topological polar surface area (TPSA) is 33.2 Å². The zero-order chi connectivity index (χ0) is 17.4. The van der Waals surface area contributed by atoms with E-state index in [0.29, 0.717) is 16.3 Å². The highest BCUT2D eigenvalue weighted by molar-refractivity contribution is 9.10. The number of hydrogen-bond acceptors (Lipinski definition) is 2. The van der Waals surface area contributed by atoms with Gasteiger partial charge in [-0.15, -0.1) is 0 Å². The van der Waals surface area contributed by atoms with Gasteiger partial charge in [0.05, 0.1) is 21.8 Å². The fourth-order valence-electron chi connectivity index (χ4n) is 2.69. The number of anilines is 1. The molecule has 0 saturated heterocycles. The Labute approximate surface area is 154 Å². The standard InChI is InChI=1S/C19H16BrClN2O/c1-11-4-6-17-14(8-11)15(9-12(2)22-17)19(24)23(3)18-7-5-13(20)10-16(18)21/h4-10H,1-3H3. The normalized spacial score (nSPS) is 10.9. The summed E-state index contributed by atoms with van der Waals surface area (Å²) in [6, 6.07) is 13.2. The molecule has 0 unspecified atom stereocenters. The highest BCUT2D eigenvalue weighted by Crippen LogP contribution is 2.30. The molecule has 1 aromatic heterocycles. The molecule has 122 valence electrons. The van der Waals surface area contributed by atoms with Crippen LogP contribution in [0, 0.1) is 13.8 Å². The van der Waals surface area contributed by atoms with Crippen LogP contribution < -0.4 is 4.90 Å². The fraction of sp³-hybridized carbons (Fsp3) is 0.158. The second-order valence-electron chi connectivity index (χ2n) is 5.79. The van der Waals surface area contributed by atoms with Crippen molar-refractivity contribution >= 4 is 50.0 Å². The molecule has 0 spiro atoms. The van der Waals surface area contributed by atoms with Gasteiger partial charge < -0.3 is 4.90 Å². The molecule has 0 aliphatic rings. The van der Waals surface area contributed by atoms with E-state index in [1.54, 1.807) is 18.0 Å². The van der Waals surface area contributed by atoms with Crippen LogP contribution in [0.1, 0.15) is 21.6 Å². The molecule has 1 heterocycles. The number of fused-ring (bicyclic) bond motifs is 1. The van der Waals surface area contributed by atoms with Crippen LogP contribution >= 0.6 is 27.5 Å². The van der Waals surface area contributed by atoms with Crippen molar-refractivity contribution in [1.29, 1.82) is 0 Å². The van der Waals surface area contributed by atoms with E-state index in [1.807, 2.05) is 50.2 Å². The van der Waals surface area contributed by atoms with E-state index in [1.165, 1.54) is 0 Å². The average Bonchev–Trinajstić information content (AvgIpc) is 2.53. The Kier molecular flexibility index (Phi) is 4.61. The van der Waals surface area contributed by atoms with Gasteiger partial charge in [-0.05, 0) is 50.2 Å². The van der Waals surface area contributed by atoms with Crippen LogP contribution in [0.15, 0.2) is 46.9 Å². The molecule has 0 radical (unpaired) electrons. The number of pyridine rings is 1. The lowest BCUT2D eigenvalue weighted by atomic mass is 10.0. The lowest BCUT2D eigenvalue weighted by molar-refractivity contribution is 0.0994. The van der Waals surface area contributed by atoms with Crippen LogP contribution in [-0.4, -0.2) is 17.9 Å². The molecule has 24 heavy (non-hydrogen) atoms. The molecule has 0 saturated carbocycles. The number of aromatic nitrogens is 1. The number of carbonyl (C=O) groups is 1. The van der Waals surface area contributed by atoms with Crippen molar-refractivity contribution in [2.24, 2.45) is 0 Å². The Morgan fingerprint density at radius 1 is 1.12 bits per heavy atom. The van der Waals surface area contributed by atoms with Gasteiger partial charge in [0.15, 0.2) is 0 Å². The number of hydrogen-bond donors (Lipinski definition) is 0. The van der Waals surface area contributed by atoms with Crippen LogP contribution in [0.5, 0.6) is 0 Å². The summed E-state index contributed by atoms with van der Waals surface area (Å²) in [4.78, 5) is 19.2. The van der Waals surface area contributed by atoms with Crippen molar-refractivity contribution in [2.45, 2.75) is 13.8 Å². The monoisotopic (exact) mass is 402 g/mol. The van der Waals surface area contributed by atoms with E-state index in [0.717, 1.165) is 26.6 Å². The van der Waals surface area contributed by atoms with Crippen molar-refractivity contribution in [2.75, 3.05) is 11.9 Å². The number of aryl methyl sites for hydroxylation is 2. The Bertz CT molecular complexity index is 955. The number of carbonyl (C=O) groups excluding carboxylic acids is 1. The summed E-state index contributed by atoms with van der Waals surface area (Å²) in [6.45, 7) is 3.89. The number of amides is 1. The third-order valence-corrected chi connectivity index (χ3v) is 4.69. The van der Waals surface area contributed by atoms with Crippen molar-refractivity contribution in [1.82, 2.24) is 4.98 Å². The van der Waals surface area contributed by atoms with Crippen molar-refractivity contribution in [3.8, 4) is 0 Å². The molecular formula is C19H16BrClN2O. The Morgan fingerprint density at radius 2 is 1.88 bits per heavy atom. The molecule has 0 atom stereocenters. The van der Waals surface area contributed by atoms with Crippen molar-refractivity contribution < 1.29 is 4.79 Å². The quantitative estimate of drug-likeness (QED) is 0.562. The van der Waals surface area contributed by atoms with Gasteiger partial charge in [-0.3, -0.25) is 9.78 Å². The summed E-state index contributed by atoms with van der Waals surface area (Å²) in [7, 11) is 1.73. The maximum Gasteiger partial charge on any atom is 0.258 e. The minimum absolute atomic E-state index is 0.111. The molecule has 0 fully saturated rings. The maximum atomic E-state index is 13.1. The number of rotatable bonds is 2. The molecular weight excluding hydrogens is 388 g/mol. The molecule has 3 aromatic rings. The molecule has 0 N–H and O–H groups in total. The third kappa shape index (κ3) is 3.17. The van der Waals surface area contributed by atoms with Crippen LogP contribution in [0.3, 0.4) is 0 Å². The van der Waals surface area contributed by atoms with E-state index in [9.17, 15) is 4.79 Å². The summed E-state index contributed by atoms with van der Waals surface area (Å²) in [5, 5.41) is 1.37. The summed E-state index contributed by atoms with van der Waals surface area (Å²) in [6.07, 6.45) is 0. The van der Waals surface area contributed by atoms with Gasteiger partial charge in [-0.1, -0.05) is 39.2 Å². The van der Waals surface area contributed by atoms with Gasteiger partial charge in [0.2, 0.25) is 0 Å². The summed E-state index contributed by atoms with van der Waals surface area (Å²) < 4.78 is 0.873. The zero-order valence-corrected chi connectivity index (χ0v) is 15.9. The molecule has 3 rings (SSSR count). The molecule has 0 bridgehead atoms. The predicted molar refractivity (Wildman–Crippen MR) is 103 cm³/mol. The van der Waals surface area contributed by atoms with Gasteiger partial charge in [0.25, 0.3) is 5.91 Å². The van der Waals surface area contributed by atoms with E-state index < -0.39 is 0 Å². The van der Waals surface area contributed by atoms with Crippen LogP contribution in [0.4, 0.5) is 5.69 Å². The van der Waals surface area contributed by atoms with E-state index in [4.69, 9.17) is 11.6 Å². The maximum absolute atomic E-state index is 13.1.